The van der Waals surface area contributed by atoms with E-state index in [-0.39, 0.29) is 24.5 Å². The second-order valence-electron chi connectivity index (χ2n) is 6.53. The van der Waals surface area contributed by atoms with Crippen molar-refractivity contribution in [3.8, 4) is 5.75 Å². The van der Waals surface area contributed by atoms with Crippen molar-refractivity contribution in [2.45, 2.75) is 19.9 Å². The Morgan fingerprint density at radius 1 is 1.37 bits per heavy atom. The van der Waals surface area contributed by atoms with Gasteiger partial charge in [0.1, 0.15) is 5.75 Å². The number of methoxy groups -OCH3 is 1. The average Bonchev–Trinajstić information content (AvgIpc) is 3.32. The van der Waals surface area contributed by atoms with Crippen LogP contribution in [0.5, 0.6) is 5.75 Å². The summed E-state index contributed by atoms with van der Waals surface area (Å²) in [6, 6.07) is 7.18. The van der Waals surface area contributed by atoms with Gasteiger partial charge in [0.25, 0.3) is 5.91 Å². The van der Waals surface area contributed by atoms with Crippen LogP contribution in [0.4, 0.5) is 0 Å². The van der Waals surface area contributed by atoms with Crippen molar-refractivity contribution >= 4 is 40.3 Å². The number of benzene rings is 1. The van der Waals surface area contributed by atoms with Crippen LogP contribution in [0.15, 0.2) is 29.6 Å². The molecule has 1 atom stereocenters. The van der Waals surface area contributed by atoms with E-state index < -0.39 is 0 Å². The summed E-state index contributed by atoms with van der Waals surface area (Å²) in [5, 5.41) is 22.4. The molecule has 0 aliphatic rings. The van der Waals surface area contributed by atoms with Crippen molar-refractivity contribution in [1.82, 2.24) is 15.5 Å². The number of nitrogens with one attached hydrogen (secondary N) is 2. The molecule has 1 amide bonds. The Labute approximate surface area is 161 Å². The number of thiophene rings is 1. The molecular weight excluding hydrogens is 362 g/mol. The predicted octanol–water partition coefficient (Wildman–Crippen LogP) is 3.55. The van der Waals surface area contributed by atoms with Gasteiger partial charge in [0, 0.05) is 4.88 Å². The fraction of sp³-hybridized carbons (Fsp3) is 0.300. The molecule has 2 aromatic heterocycles. The minimum atomic E-state index is -0.319. The van der Waals surface area contributed by atoms with Gasteiger partial charge in [-0.1, -0.05) is 19.9 Å². The van der Waals surface area contributed by atoms with Crippen molar-refractivity contribution in [3.63, 3.8) is 0 Å². The van der Waals surface area contributed by atoms with Crippen molar-refractivity contribution in [2.24, 2.45) is 5.92 Å². The summed E-state index contributed by atoms with van der Waals surface area (Å²) in [7, 11) is 1.54. The van der Waals surface area contributed by atoms with Gasteiger partial charge < -0.3 is 15.2 Å². The van der Waals surface area contributed by atoms with Gasteiger partial charge >= 0.3 is 0 Å². The number of aliphatic hydroxyl groups is 1. The van der Waals surface area contributed by atoms with E-state index in [9.17, 15) is 9.90 Å². The van der Waals surface area contributed by atoms with Crippen LogP contribution in [-0.4, -0.2) is 41.0 Å². The Balaban J connectivity index is 1.99. The number of H-pyrrole nitrogens is 1. The van der Waals surface area contributed by atoms with E-state index in [4.69, 9.17) is 4.74 Å². The first-order valence-corrected chi connectivity index (χ1v) is 9.61. The van der Waals surface area contributed by atoms with Crippen LogP contribution in [0, 0.1) is 5.92 Å². The maximum absolute atomic E-state index is 12.8. The van der Waals surface area contributed by atoms with Gasteiger partial charge in [-0.2, -0.15) is 5.10 Å². The van der Waals surface area contributed by atoms with Crippen LogP contribution in [0.1, 0.15) is 34.8 Å². The van der Waals surface area contributed by atoms with Gasteiger partial charge in [0.05, 0.1) is 41.9 Å². The van der Waals surface area contributed by atoms with Crippen LogP contribution in [0.2, 0.25) is 0 Å². The summed E-state index contributed by atoms with van der Waals surface area (Å²) in [6.07, 6.45) is 3.92. The summed E-state index contributed by atoms with van der Waals surface area (Å²) < 4.78 is 5.58. The quantitative estimate of drug-likeness (QED) is 0.580. The number of hydrogen-bond donors (Lipinski definition) is 3. The molecule has 0 unspecified atom stereocenters. The van der Waals surface area contributed by atoms with Crippen LogP contribution in [0.25, 0.3) is 23.1 Å². The highest BCUT2D eigenvalue weighted by molar-refractivity contribution is 7.10. The van der Waals surface area contributed by atoms with Crippen molar-refractivity contribution < 1.29 is 14.6 Å². The lowest BCUT2D eigenvalue weighted by atomic mass is 10.0. The fourth-order valence-electron chi connectivity index (χ4n) is 2.83. The standard InChI is InChI=1S/C20H23N3O3S/c1-12(2)17(11-24)21-20(25)14-7-9-16-18(19(14)26-3)15(22-23-16)8-6-13-5-4-10-27-13/h4-10,12,17,24H,11H2,1-3H3,(H,21,25)(H,22,23)/t17-/m1/s1. The molecule has 0 aliphatic heterocycles. The van der Waals surface area contributed by atoms with Crippen molar-refractivity contribution in [2.75, 3.05) is 13.7 Å². The normalized spacial score (nSPS) is 12.8. The molecule has 1 aromatic carbocycles. The lowest BCUT2D eigenvalue weighted by Gasteiger charge is -2.20. The molecular formula is C20H23N3O3S. The van der Waals surface area contributed by atoms with Crippen LogP contribution >= 0.6 is 11.3 Å². The molecule has 2 heterocycles. The number of aromatic nitrogens is 2. The van der Waals surface area contributed by atoms with Gasteiger partial charge in [-0.15, -0.1) is 11.3 Å². The highest BCUT2D eigenvalue weighted by Crippen LogP contribution is 2.32. The molecule has 142 valence electrons. The zero-order valence-electron chi connectivity index (χ0n) is 15.5. The van der Waals surface area contributed by atoms with E-state index >= 15 is 0 Å². The molecule has 3 rings (SSSR count). The smallest absolute Gasteiger partial charge is 0.255 e. The third kappa shape index (κ3) is 4.04. The second kappa shape index (κ2) is 8.37. The van der Waals surface area contributed by atoms with E-state index in [0.717, 1.165) is 21.5 Å². The molecule has 0 aliphatic carbocycles. The molecule has 3 aromatic rings. The van der Waals surface area contributed by atoms with Crippen molar-refractivity contribution in [1.29, 1.82) is 0 Å². The SMILES string of the molecule is COc1c(C(=O)N[C@H](CO)C(C)C)ccc2n[nH]c(C=Cc3cccs3)c12. The lowest BCUT2D eigenvalue weighted by molar-refractivity contribution is 0.0894. The van der Waals surface area contributed by atoms with E-state index in [1.54, 1.807) is 23.5 Å². The third-order valence-electron chi connectivity index (χ3n) is 4.43. The number of ether oxygens (including phenoxy) is 1. The second-order valence-corrected chi connectivity index (χ2v) is 7.51. The highest BCUT2D eigenvalue weighted by Gasteiger charge is 2.22. The molecule has 0 saturated heterocycles. The largest absolute Gasteiger partial charge is 0.495 e. The molecule has 0 radical (unpaired) electrons. The van der Waals surface area contributed by atoms with Crippen LogP contribution in [0.3, 0.4) is 0 Å². The summed E-state index contributed by atoms with van der Waals surface area (Å²) in [6.45, 7) is 3.78. The van der Waals surface area contributed by atoms with Crippen LogP contribution in [-0.2, 0) is 0 Å². The minimum Gasteiger partial charge on any atom is -0.495 e. The molecule has 7 heteroatoms. The average molecular weight is 385 g/mol. The van der Waals surface area contributed by atoms with E-state index in [2.05, 4.69) is 15.5 Å². The molecule has 6 nitrogen and oxygen atoms in total. The Hall–Kier alpha value is -2.64. The van der Waals surface area contributed by atoms with Gasteiger partial charge in [-0.3, -0.25) is 9.89 Å². The van der Waals surface area contributed by atoms with E-state index in [0.29, 0.717) is 11.3 Å². The molecule has 0 spiro atoms. The first-order chi connectivity index (χ1) is 13.0. The number of carbonyl (C=O) groups excluding carboxylic acids is 1. The number of nitrogens with zero attached hydrogens (tertiary/aromatic N) is 1. The highest BCUT2D eigenvalue weighted by atomic mass is 32.1. The summed E-state index contributed by atoms with van der Waals surface area (Å²) in [4.78, 5) is 13.9. The Morgan fingerprint density at radius 3 is 2.81 bits per heavy atom. The number of fused-ring (bicyclic) bond motifs is 1. The van der Waals surface area contributed by atoms with Gasteiger partial charge in [-0.25, -0.2) is 0 Å². The fourth-order valence-corrected chi connectivity index (χ4v) is 3.45. The summed E-state index contributed by atoms with van der Waals surface area (Å²) in [5.41, 5.74) is 1.90. The number of rotatable bonds is 7. The maximum Gasteiger partial charge on any atom is 0.255 e. The molecule has 27 heavy (non-hydrogen) atoms. The summed E-state index contributed by atoms with van der Waals surface area (Å²) >= 11 is 1.64. The topological polar surface area (TPSA) is 87.2 Å². The minimum absolute atomic E-state index is 0.117. The Bertz CT molecular complexity index is 945. The molecule has 3 N–H and O–H groups in total. The number of amides is 1. The van der Waals surface area contributed by atoms with Crippen molar-refractivity contribution in [3.05, 3.63) is 45.8 Å². The molecule has 0 bridgehead atoms. The summed E-state index contributed by atoms with van der Waals surface area (Å²) in [5.74, 6) is 0.299. The number of hydrogen-bond acceptors (Lipinski definition) is 5. The van der Waals surface area contributed by atoms with Crippen LogP contribution < -0.4 is 10.1 Å². The van der Waals surface area contributed by atoms with E-state index in [1.165, 1.54) is 7.11 Å². The number of carbonyl (C=O) groups is 1. The zero-order chi connectivity index (χ0) is 19.4. The first-order valence-electron chi connectivity index (χ1n) is 8.73. The Morgan fingerprint density at radius 2 is 2.19 bits per heavy atom. The third-order valence-corrected chi connectivity index (χ3v) is 5.26. The van der Waals surface area contributed by atoms with Gasteiger partial charge in [0.15, 0.2) is 0 Å². The predicted molar refractivity (Wildman–Crippen MR) is 109 cm³/mol. The monoisotopic (exact) mass is 385 g/mol. The first kappa shape index (κ1) is 19.1. The maximum atomic E-state index is 12.8. The number of aromatic amines is 1. The number of aliphatic hydroxyl groups excluding tert-OH is 1. The molecule has 0 saturated carbocycles. The van der Waals surface area contributed by atoms with Gasteiger partial charge in [-0.05, 0) is 41.6 Å². The molecule has 0 fully saturated rings. The lowest BCUT2D eigenvalue weighted by Crippen LogP contribution is -2.41. The van der Waals surface area contributed by atoms with Gasteiger partial charge in [0.2, 0.25) is 0 Å². The zero-order valence-corrected chi connectivity index (χ0v) is 16.3. The Kier molecular flexibility index (Phi) is 5.93. The van der Waals surface area contributed by atoms with E-state index in [1.807, 2.05) is 43.5 Å².